The molecule has 0 amide bonds. The first-order valence-corrected chi connectivity index (χ1v) is 7.70. The maximum Gasteiger partial charge on any atom is 0.122 e. The minimum atomic E-state index is 0.515. The molecule has 0 saturated carbocycles. The summed E-state index contributed by atoms with van der Waals surface area (Å²) >= 11 is 0. The van der Waals surface area contributed by atoms with Gasteiger partial charge in [-0.2, -0.15) is 0 Å². The molecule has 2 aliphatic heterocycles. The molecule has 108 valence electrons. The summed E-state index contributed by atoms with van der Waals surface area (Å²) in [5, 5.41) is 3.44. The van der Waals surface area contributed by atoms with Crippen LogP contribution in [-0.4, -0.2) is 37.7 Å². The third-order valence-corrected chi connectivity index (χ3v) is 4.33. The summed E-state index contributed by atoms with van der Waals surface area (Å²) in [5.74, 6) is 1.08. The average molecular weight is 272 g/mol. The molecule has 0 unspecified atom stereocenters. The third kappa shape index (κ3) is 2.89. The molecular formula is C17H24N2O. The zero-order chi connectivity index (χ0) is 13.8. The van der Waals surface area contributed by atoms with Crippen LogP contribution in [0.15, 0.2) is 30.9 Å². The Labute approximate surface area is 121 Å². The van der Waals surface area contributed by atoms with Gasteiger partial charge in [-0.25, -0.2) is 0 Å². The van der Waals surface area contributed by atoms with Crippen molar-refractivity contribution in [3.05, 3.63) is 42.0 Å². The first kappa shape index (κ1) is 13.7. The highest BCUT2D eigenvalue weighted by atomic mass is 16.5. The van der Waals surface area contributed by atoms with Crippen LogP contribution in [0, 0.1) is 0 Å². The van der Waals surface area contributed by atoms with Gasteiger partial charge >= 0.3 is 0 Å². The Kier molecular flexibility index (Phi) is 4.38. The van der Waals surface area contributed by atoms with Crippen LogP contribution in [0.4, 0.5) is 0 Å². The smallest absolute Gasteiger partial charge is 0.122 e. The van der Waals surface area contributed by atoms with E-state index < -0.39 is 0 Å². The summed E-state index contributed by atoms with van der Waals surface area (Å²) in [7, 11) is 0. The highest BCUT2D eigenvalue weighted by molar-refractivity contribution is 5.40. The van der Waals surface area contributed by atoms with E-state index in [2.05, 4.69) is 35.0 Å². The lowest BCUT2D eigenvalue weighted by Gasteiger charge is -2.35. The summed E-state index contributed by atoms with van der Waals surface area (Å²) in [6.45, 7) is 9.18. The van der Waals surface area contributed by atoms with Gasteiger partial charge in [0.1, 0.15) is 5.75 Å². The van der Waals surface area contributed by atoms with Gasteiger partial charge in [-0.1, -0.05) is 18.2 Å². The number of nitrogens with zero attached hydrogens (tertiary/aromatic N) is 1. The van der Waals surface area contributed by atoms with Crippen molar-refractivity contribution in [2.45, 2.75) is 25.3 Å². The van der Waals surface area contributed by atoms with Crippen molar-refractivity contribution in [1.29, 1.82) is 0 Å². The average Bonchev–Trinajstić information content (AvgIpc) is 2.96. The lowest BCUT2D eigenvalue weighted by atomic mass is 9.97. The molecule has 1 saturated heterocycles. The molecule has 20 heavy (non-hydrogen) atoms. The summed E-state index contributed by atoms with van der Waals surface area (Å²) in [5.41, 5.74) is 2.82. The summed E-state index contributed by atoms with van der Waals surface area (Å²) in [6.07, 6.45) is 5.32. The SMILES string of the molecule is C=CCC[C@@H](c1ccc2c(c1)CCO2)N1CCNCC1. The zero-order valence-electron chi connectivity index (χ0n) is 12.1. The number of piperazine rings is 1. The van der Waals surface area contributed by atoms with Crippen LogP contribution in [0.3, 0.4) is 0 Å². The van der Waals surface area contributed by atoms with E-state index in [-0.39, 0.29) is 0 Å². The maximum atomic E-state index is 5.62. The molecule has 0 aliphatic carbocycles. The van der Waals surface area contributed by atoms with E-state index in [0.717, 1.165) is 57.8 Å². The Morgan fingerprint density at radius 3 is 3.00 bits per heavy atom. The van der Waals surface area contributed by atoms with Gasteiger partial charge in [-0.3, -0.25) is 4.90 Å². The van der Waals surface area contributed by atoms with E-state index >= 15 is 0 Å². The molecule has 3 rings (SSSR count). The number of ether oxygens (including phenoxy) is 1. The number of rotatable bonds is 5. The Bertz CT molecular complexity index is 466. The van der Waals surface area contributed by atoms with Crippen LogP contribution < -0.4 is 10.1 Å². The van der Waals surface area contributed by atoms with Gasteiger partial charge in [0.15, 0.2) is 0 Å². The van der Waals surface area contributed by atoms with Crippen LogP contribution in [0.25, 0.3) is 0 Å². The first-order chi connectivity index (χ1) is 9.88. The molecule has 3 nitrogen and oxygen atoms in total. The van der Waals surface area contributed by atoms with Crippen LogP contribution in [-0.2, 0) is 6.42 Å². The normalized spacial score (nSPS) is 20.2. The number of allylic oxidation sites excluding steroid dienone is 1. The van der Waals surface area contributed by atoms with Crippen molar-refractivity contribution in [2.24, 2.45) is 0 Å². The highest BCUT2D eigenvalue weighted by Gasteiger charge is 2.23. The fourth-order valence-corrected chi connectivity index (χ4v) is 3.24. The fraction of sp³-hybridized carbons (Fsp3) is 0.529. The standard InChI is InChI=1S/C17H24N2O/c1-2-3-4-16(19-10-8-18-9-11-19)14-5-6-17-15(13-14)7-12-20-17/h2,5-6,13,16,18H,1,3-4,7-12H2/t16-/m0/s1. The van der Waals surface area contributed by atoms with Gasteiger partial charge in [0.2, 0.25) is 0 Å². The molecule has 0 spiro atoms. The topological polar surface area (TPSA) is 24.5 Å². The van der Waals surface area contributed by atoms with E-state index in [1.807, 2.05) is 6.08 Å². The number of fused-ring (bicyclic) bond motifs is 1. The number of nitrogens with one attached hydrogen (secondary N) is 1. The summed E-state index contributed by atoms with van der Waals surface area (Å²) in [4.78, 5) is 2.61. The largest absolute Gasteiger partial charge is 0.493 e. The minimum Gasteiger partial charge on any atom is -0.493 e. The van der Waals surface area contributed by atoms with Gasteiger partial charge in [-0.05, 0) is 30.0 Å². The summed E-state index contributed by atoms with van der Waals surface area (Å²) < 4.78 is 5.62. The Morgan fingerprint density at radius 1 is 1.35 bits per heavy atom. The van der Waals surface area contributed by atoms with Crippen molar-refractivity contribution < 1.29 is 4.74 Å². The molecule has 2 aliphatic rings. The third-order valence-electron chi connectivity index (χ3n) is 4.33. The van der Waals surface area contributed by atoms with Crippen molar-refractivity contribution in [1.82, 2.24) is 10.2 Å². The van der Waals surface area contributed by atoms with Crippen LogP contribution in [0.2, 0.25) is 0 Å². The number of hydrogen-bond acceptors (Lipinski definition) is 3. The molecule has 1 N–H and O–H groups in total. The first-order valence-electron chi connectivity index (χ1n) is 7.70. The second-order valence-corrected chi connectivity index (χ2v) is 5.63. The fourth-order valence-electron chi connectivity index (χ4n) is 3.24. The van der Waals surface area contributed by atoms with E-state index in [1.54, 1.807) is 0 Å². The molecule has 2 heterocycles. The van der Waals surface area contributed by atoms with Crippen LogP contribution in [0.1, 0.15) is 30.0 Å². The van der Waals surface area contributed by atoms with Crippen LogP contribution >= 0.6 is 0 Å². The minimum absolute atomic E-state index is 0.515. The molecule has 0 bridgehead atoms. The van der Waals surface area contributed by atoms with Gasteiger partial charge in [0.05, 0.1) is 6.61 Å². The molecule has 1 fully saturated rings. The Hall–Kier alpha value is -1.32. The second-order valence-electron chi connectivity index (χ2n) is 5.63. The van der Waals surface area contributed by atoms with E-state index in [0.29, 0.717) is 6.04 Å². The van der Waals surface area contributed by atoms with Gasteiger partial charge in [0, 0.05) is 38.6 Å². The summed E-state index contributed by atoms with van der Waals surface area (Å²) in [6, 6.07) is 7.28. The molecular weight excluding hydrogens is 248 g/mol. The van der Waals surface area contributed by atoms with Gasteiger partial charge in [-0.15, -0.1) is 6.58 Å². The van der Waals surface area contributed by atoms with E-state index in [1.165, 1.54) is 11.1 Å². The predicted octanol–water partition coefficient (Wildman–Crippen LogP) is 2.53. The molecule has 1 aromatic carbocycles. The molecule has 0 aromatic heterocycles. The van der Waals surface area contributed by atoms with Gasteiger partial charge in [0.25, 0.3) is 0 Å². The Balaban J connectivity index is 1.81. The highest BCUT2D eigenvalue weighted by Crippen LogP contribution is 2.32. The van der Waals surface area contributed by atoms with Crippen molar-refractivity contribution in [3.8, 4) is 5.75 Å². The second kappa shape index (κ2) is 6.42. The van der Waals surface area contributed by atoms with Crippen molar-refractivity contribution >= 4 is 0 Å². The van der Waals surface area contributed by atoms with Gasteiger partial charge < -0.3 is 10.1 Å². The molecule has 1 aromatic rings. The quantitative estimate of drug-likeness (QED) is 0.834. The number of benzene rings is 1. The predicted molar refractivity (Wildman–Crippen MR) is 82.3 cm³/mol. The molecule has 0 radical (unpaired) electrons. The van der Waals surface area contributed by atoms with E-state index in [9.17, 15) is 0 Å². The lowest BCUT2D eigenvalue weighted by molar-refractivity contribution is 0.166. The van der Waals surface area contributed by atoms with Crippen molar-refractivity contribution in [3.63, 3.8) is 0 Å². The van der Waals surface area contributed by atoms with Crippen LogP contribution in [0.5, 0.6) is 5.75 Å². The zero-order valence-corrected chi connectivity index (χ0v) is 12.1. The lowest BCUT2D eigenvalue weighted by Crippen LogP contribution is -2.45. The Morgan fingerprint density at radius 2 is 2.20 bits per heavy atom. The maximum absolute atomic E-state index is 5.62. The number of hydrogen-bond donors (Lipinski definition) is 1. The monoisotopic (exact) mass is 272 g/mol. The van der Waals surface area contributed by atoms with E-state index in [4.69, 9.17) is 4.74 Å². The van der Waals surface area contributed by atoms with Crippen molar-refractivity contribution in [2.75, 3.05) is 32.8 Å². The molecule has 3 heteroatoms. The molecule has 1 atom stereocenters.